The van der Waals surface area contributed by atoms with E-state index in [1.807, 2.05) is 42.4 Å². The highest BCUT2D eigenvalue weighted by Gasteiger charge is 2.17. The normalized spacial score (nSPS) is 9.94. The van der Waals surface area contributed by atoms with Crippen molar-refractivity contribution in [2.45, 2.75) is 6.92 Å². The molecule has 1 N–H and O–H groups in total. The first-order valence-electron chi connectivity index (χ1n) is 3.88. The second-order valence-electron chi connectivity index (χ2n) is 2.67. The van der Waals surface area contributed by atoms with Gasteiger partial charge in [0.05, 0.1) is 0 Å². The third-order valence-corrected chi connectivity index (χ3v) is 3.43. The van der Waals surface area contributed by atoms with Crippen molar-refractivity contribution in [1.82, 2.24) is 0 Å². The predicted octanol–water partition coefficient (Wildman–Crippen LogP) is 4.27. The third kappa shape index (κ3) is 3.23. The molecule has 1 aromatic rings. The van der Waals surface area contributed by atoms with Crippen LogP contribution in [-0.4, -0.2) is 11.4 Å². The number of aldehydes is 1. The van der Waals surface area contributed by atoms with E-state index < -0.39 is 0 Å². The van der Waals surface area contributed by atoms with E-state index in [2.05, 4.69) is 0 Å². The Bertz CT molecular complexity index is 400. The number of aromatic hydroxyl groups is 1. The molecular formula is C8H6I2O4S2. The largest absolute Gasteiger partial charge is 0.507 e. The van der Waals surface area contributed by atoms with Crippen LogP contribution in [0, 0.1) is 6.92 Å². The van der Waals surface area contributed by atoms with E-state index in [1.54, 1.807) is 13.0 Å². The number of benzene rings is 1. The molecular weight excluding hydrogens is 478 g/mol. The van der Waals surface area contributed by atoms with Gasteiger partial charge in [0, 0.05) is 54.0 Å². The van der Waals surface area contributed by atoms with E-state index >= 15 is 0 Å². The van der Waals surface area contributed by atoms with Gasteiger partial charge in [0.1, 0.15) is 35.5 Å². The van der Waals surface area contributed by atoms with E-state index in [-0.39, 0.29) is 17.1 Å². The Balaban J connectivity index is 3.30. The SMILES string of the molecule is Cc1c(OSI)cc(OSI)c(C=O)c1O. The summed E-state index contributed by atoms with van der Waals surface area (Å²) in [7, 11) is 2.19. The van der Waals surface area contributed by atoms with Crippen LogP contribution in [0.5, 0.6) is 17.2 Å². The fourth-order valence-corrected chi connectivity index (χ4v) is 2.69. The third-order valence-electron chi connectivity index (χ3n) is 1.87. The van der Waals surface area contributed by atoms with Crippen molar-refractivity contribution in [3.63, 3.8) is 0 Å². The van der Waals surface area contributed by atoms with Crippen molar-refractivity contribution < 1.29 is 18.3 Å². The molecule has 0 aliphatic carbocycles. The Labute approximate surface area is 125 Å². The maximum atomic E-state index is 10.8. The van der Waals surface area contributed by atoms with Crippen molar-refractivity contribution in [2.24, 2.45) is 0 Å². The smallest absolute Gasteiger partial charge is 0.157 e. The number of phenolic OH excluding ortho intramolecular Hbond substituents is 1. The van der Waals surface area contributed by atoms with Gasteiger partial charge >= 0.3 is 0 Å². The summed E-state index contributed by atoms with van der Waals surface area (Å²) in [6, 6.07) is 1.58. The molecule has 0 spiro atoms. The van der Waals surface area contributed by atoms with Gasteiger partial charge in [-0.2, -0.15) is 0 Å². The molecule has 0 aromatic heterocycles. The van der Waals surface area contributed by atoms with Gasteiger partial charge in [-0.1, -0.05) is 0 Å². The molecule has 88 valence electrons. The quantitative estimate of drug-likeness (QED) is 0.383. The van der Waals surface area contributed by atoms with E-state index in [0.29, 0.717) is 17.6 Å². The first-order valence-corrected chi connectivity index (χ1v) is 10.4. The standard InChI is InChI=1S/C8H6I2O4S2/c1-4-6(13-15-9)2-7(14-16-10)5(3-11)8(4)12/h2-3,12H,1H3. The van der Waals surface area contributed by atoms with Gasteiger partial charge < -0.3 is 13.5 Å². The van der Waals surface area contributed by atoms with Crippen LogP contribution in [0.25, 0.3) is 0 Å². The summed E-state index contributed by atoms with van der Waals surface area (Å²) >= 11 is 3.89. The molecule has 0 heterocycles. The zero-order valence-corrected chi connectivity index (χ0v) is 13.8. The first kappa shape index (κ1) is 14.5. The molecule has 0 aliphatic rings. The molecule has 0 bridgehead atoms. The summed E-state index contributed by atoms with van der Waals surface area (Å²) in [5, 5.41) is 9.80. The second-order valence-corrected chi connectivity index (χ2v) is 5.41. The Kier molecular flexibility index (Phi) is 6.36. The molecule has 8 heteroatoms. The Morgan fingerprint density at radius 3 is 2.38 bits per heavy atom. The van der Waals surface area contributed by atoms with E-state index in [9.17, 15) is 9.90 Å². The predicted molar refractivity (Wildman–Crippen MR) is 82.7 cm³/mol. The summed E-state index contributed by atoms with van der Waals surface area (Å²) in [6.07, 6.45) is 0.561. The second kappa shape index (κ2) is 7.01. The van der Waals surface area contributed by atoms with E-state index in [1.165, 1.54) is 0 Å². The number of phenols is 1. The Morgan fingerprint density at radius 2 is 1.88 bits per heavy atom. The maximum Gasteiger partial charge on any atom is 0.157 e. The average Bonchev–Trinajstić information content (AvgIpc) is 2.27. The molecule has 0 saturated carbocycles. The lowest BCUT2D eigenvalue weighted by Gasteiger charge is -2.11. The highest BCUT2D eigenvalue weighted by molar-refractivity contribution is 14.2. The highest BCUT2D eigenvalue weighted by atomic mass is 127. The van der Waals surface area contributed by atoms with E-state index in [4.69, 9.17) is 8.37 Å². The molecule has 1 aromatic carbocycles. The maximum absolute atomic E-state index is 10.8. The fraction of sp³-hybridized carbons (Fsp3) is 0.125. The molecule has 16 heavy (non-hydrogen) atoms. The minimum atomic E-state index is -0.113. The van der Waals surface area contributed by atoms with Gasteiger partial charge in [-0.3, -0.25) is 4.79 Å². The van der Waals surface area contributed by atoms with Crippen LogP contribution >= 0.6 is 60.8 Å². The zero-order valence-electron chi connectivity index (χ0n) is 7.90. The number of carbonyl (C=O) groups is 1. The summed E-state index contributed by atoms with van der Waals surface area (Å²) in [5.41, 5.74) is 0.643. The molecule has 0 amide bonds. The number of hydrogen-bond acceptors (Lipinski definition) is 6. The first-order chi connectivity index (χ1) is 7.65. The molecule has 0 fully saturated rings. The van der Waals surface area contributed by atoms with Crippen LogP contribution in [0.4, 0.5) is 0 Å². The topological polar surface area (TPSA) is 55.8 Å². The van der Waals surface area contributed by atoms with Gasteiger partial charge in [-0.25, -0.2) is 0 Å². The summed E-state index contributed by atoms with van der Waals surface area (Å²) in [4.78, 5) is 10.8. The number of hydrogen-bond donors (Lipinski definition) is 1. The molecule has 0 radical (unpaired) electrons. The molecule has 0 saturated heterocycles. The Morgan fingerprint density at radius 1 is 1.31 bits per heavy atom. The van der Waals surface area contributed by atoms with Crippen molar-refractivity contribution in [1.29, 1.82) is 0 Å². The summed E-state index contributed by atoms with van der Waals surface area (Å²) < 4.78 is 10.4. The van der Waals surface area contributed by atoms with Crippen LogP contribution in [0.1, 0.15) is 15.9 Å². The molecule has 0 atom stereocenters. The van der Waals surface area contributed by atoms with Gasteiger partial charge in [0.25, 0.3) is 0 Å². The van der Waals surface area contributed by atoms with Crippen molar-refractivity contribution in [3.05, 3.63) is 17.2 Å². The molecule has 1 rings (SSSR count). The minimum Gasteiger partial charge on any atom is -0.507 e. The molecule has 0 unspecified atom stereocenters. The van der Waals surface area contributed by atoms with Crippen LogP contribution in [0.2, 0.25) is 0 Å². The van der Waals surface area contributed by atoms with Crippen molar-refractivity contribution >= 4 is 67.1 Å². The van der Waals surface area contributed by atoms with Crippen molar-refractivity contribution in [2.75, 3.05) is 0 Å². The average molecular weight is 484 g/mol. The number of rotatable bonds is 5. The van der Waals surface area contributed by atoms with Crippen LogP contribution < -0.4 is 8.37 Å². The van der Waals surface area contributed by atoms with Gasteiger partial charge in [0.2, 0.25) is 0 Å². The monoisotopic (exact) mass is 484 g/mol. The molecule has 4 nitrogen and oxygen atoms in total. The zero-order chi connectivity index (χ0) is 12.1. The lowest BCUT2D eigenvalue weighted by molar-refractivity contribution is 0.111. The van der Waals surface area contributed by atoms with Crippen LogP contribution in [0.3, 0.4) is 0 Å². The highest BCUT2D eigenvalue weighted by Crippen LogP contribution is 2.40. The van der Waals surface area contributed by atoms with Gasteiger partial charge in [0.15, 0.2) is 12.0 Å². The van der Waals surface area contributed by atoms with Crippen LogP contribution in [0.15, 0.2) is 6.07 Å². The van der Waals surface area contributed by atoms with Crippen molar-refractivity contribution in [3.8, 4) is 17.2 Å². The molecule has 0 aliphatic heterocycles. The van der Waals surface area contributed by atoms with Crippen LogP contribution in [-0.2, 0) is 0 Å². The van der Waals surface area contributed by atoms with Gasteiger partial charge in [-0.15, -0.1) is 0 Å². The Hall–Kier alpha value is 0.450. The minimum absolute atomic E-state index is 0.113. The van der Waals surface area contributed by atoms with E-state index in [0.717, 1.165) is 18.4 Å². The fourth-order valence-electron chi connectivity index (χ4n) is 1.08. The number of halogens is 2. The van der Waals surface area contributed by atoms with Gasteiger partial charge in [-0.05, 0) is 6.92 Å². The summed E-state index contributed by atoms with van der Waals surface area (Å²) in [6.45, 7) is 1.67. The lowest BCUT2D eigenvalue weighted by atomic mass is 10.1. The summed E-state index contributed by atoms with van der Waals surface area (Å²) in [5.74, 6) is 0.652. The lowest BCUT2D eigenvalue weighted by Crippen LogP contribution is -1.93. The number of carbonyl (C=O) groups excluding carboxylic acids is 1.